The van der Waals surface area contributed by atoms with Gasteiger partial charge in [0.25, 0.3) is 5.69 Å². The predicted octanol–water partition coefficient (Wildman–Crippen LogP) is 1.84. The number of benzene rings is 1. The Morgan fingerprint density at radius 3 is 2.76 bits per heavy atom. The predicted molar refractivity (Wildman–Crippen MR) is 58.5 cm³/mol. The number of nitro benzene ring substituents is 1. The van der Waals surface area contributed by atoms with Crippen LogP contribution in [0.4, 0.5) is 5.69 Å². The Kier molecular flexibility index (Phi) is 4.01. The van der Waals surface area contributed by atoms with Crippen molar-refractivity contribution in [2.24, 2.45) is 0 Å². The van der Waals surface area contributed by atoms with E-state index < -0.39 is 10.9 Å². The molecule has 0 heterocycles. The van der Waals surface area contributed by atoms with E-state index in [1.165, 1.54) is 6.07 Å². The van der Waals surface area contributed by atoms with Crippen LogP contribution in [0.3, 0.4) is 0 Å². The van der Waals surface area contributed by atoms with Crippen LogP contribution in [0.2, 0.25) is 5.02 Å². The molecule has 17 heavy (non-hydrogen) atoms. The second-order valence-electron chi connectivity index (χ2n) is 3.05. The Bertz CT molecular complexity index is 522. The van der Waals surface area contributed by atoms with Crippen LogP contribution in [0.25, 0.3) is 0 Å². The number of esters is 1. The number of carbonyl (C=O) groups excluding carboxylic acids is 1. The van der Waals surface area contributed by atoms with Gasteiger partial charge in [0.05, 0.1) is 34.6 Å². The van der Waals surface area contributed by atoms with Gasteiger partial charge < -0.3 is 4.74 Å². The summed E-state index contributed by atoms with van der Waals surface area (Å²) in [6, 6.07) is 4.17. The van der Waals surface area contributed by atoms with Crippen molar-refractivity contribution in [3.63, 3.8) is 0 Å². The Morgan fingerprint density at radius 2 is 2.29 bits per heavy atom. The SMILES string of the molecule is COC(=O)Cc1c([N+](=O)[O-])ccc(C#N)c1Cl. The highest BCUT2D eigenvalue weighted by molar-refractivity contribution is 6.33. The maximum absolute atomic E-state index is 11.1. The number of hydrogen-bond donors (Lipinski definition) is 0. The molecule has 0 aliphatic rings. The van der Waals surface area contributed by atoms with Crippen LogP contribution in [-0.2, 0) is 16.0 Å². The normalized spacial score (nSPS) is 9.47. The van der Waals surface area contributed by atoms with E-state index in [0.29, 0.717) is 0 Å². The van der Waals surface area contributed by atoms with Gasteiger partial charge >= 0.3 is 5.97 Å². The number of nitro groups is 1. The zero-order chi connectivity index (χ0) is 13.0. The monoisotopic (exact) mass is 254 g/mol. The average molecular weight is 255 g/mol. The molecule has 0 saturated carbocycles. The smallest absolute Gasteiger partial charge is 0.310 e. The third-order valence-corrected chi connectivity index (χ3v) is 2.52. The minimum Gasteiger partial charge on any atom is -0.469 e. The van der Waals surface area contributed by atoms with Crippen molar-refractivity contribution in [2.45, 2.75) is 6.42 Å². The van der Waals surface area contributed by atoms with Crippen molar-refractivity contribution >= 4 is 23.3 Å². The minimum atomic E-state index is -0.662. The summed E-state index contributed by atoms with van der Waals surface area (Å²) in [5.74, 6) is -0.662. The number of nitrogens with zero attached hydrogens (tertiary/aromatic N) is 2. The molecule has 0 amide bonds. The van der Waals surface area contributed by atoms with Gasteiger partial charge in [0.1, 0.15) is 6.07 Å². The first kappa shape index (κ1) is 12.9. The van der Waals surface area contributed by atoms with Crippen molar-refractivity contribution < 1.29 is 14.5 Å². The molecule has 1 rings (SSSR count). The first-order valence-corrected chi connectivity index (χ1v) is 4.81. The molecule has 0 atom stereocenters. The molecule has 6 nitrogen and oxygen atoms in total. The van der Waals surface area contributed by atoms with E-state index in [0.717, 1.165) is 13.2 Å². The van der Waals surface area contributed by atoms with Gasteiger partial charge in [-0.1, -0.05) is 11.6 Å². The van der Waals surface area contributed by atoms with Crippen molar-refractivity contribution in [3.8, 4) is 6.07 Å². The molecule has 0 spiro atoms. The molecule has 0 fully saturated rings. The molecule has 0 radical (unpaired) electrons. The fourth-order valence-electron chi connectivity index (χ4n) is 1.25. The van der Waals surface area contributed by atoms with Crippen LogP contribution in [0.15, 0.2) is 12.1 Å². The highest BCUT2D eigenvalue weighted by Gasteiger charge is 2.22. The number of rotatable bonds is 3. The number of carbonyl (C=O) groups is 1. The Morgan fingerprint density at radius 1 is 1.65 bits per heavy atom. The molecule has 0 aliphatic carbocycles. The quantitative estimate of drug-likeness (QED) is 0.466. The molecule has 0 bridgehead atoms. The third kappa shape index (κ3) is 2.71. The lowest BCUT2D eigenvalue weighted by Gasteiger charge is -2.05. The summed E-state index contributed by atoms with van der Waals surface area (Å²) < 4.78 is 4.41. The number of hydrogen-bond acceptors (Lipinski definition) is 5. The number of ether oxygens (including phenoxy) is 1. The van der Waals surface area contributed by atoms with Crippen molar-refractivity contribution in [2.75, 3.05) is 7.11 Å². The van der Waals surface area contributed by atoms with E-state index in [2.05, 4.69) is 4.74 Å². The highest BCUT2D eigenvalue weighted by atomic mass is 35.5. The average Bonchev–Trinajstić information content (AvgIpc) is 2.30. The second kappa shape index (κ2) is 5.27. The maximum Gasteiger partial charge on any atom is 0.310 e. The fraction of sp³-hybridized carbons (Fsp3) is 0.200. The summed E-state index contributed by atoms with van der Waals surface area (Å²) in [6.45, 7) is 0. The Hall–Kier alpha value is -2.13. The summed E-state index contributed by atoms with van der Waals surface area (Å²) in [7, 11) is 1.16. The van der Waals surface area contributed by atoms with Gasteiger partial charge in [0, 0.05) is 6.07 Å². The summed E-state index contributed by atoms with van der Waals surface area (Å²) >= 11 is 5.82. The van der Waals surface area contributed by atoms with Gasteiger partial charge in [-0.15, -0.1) is 0 Å². The first-order valence-electron chi connectivity index (χ1n) is 4.44. The van der Waals surface area contributed by atoms with Crippen LogP contribution in [0.5, 0.6) is 0 Å². The molecule has 7 heteroatoms. The lowest BCUT2D eigenvalue weighted by atomic mass is 10.1. The number of methoxy groups -OCH3 is 1. The van der Waals surface area contributed by atoms with Gasteiger partial charge in [-0.3, -0.25) is 14.9 Å². The molecular formula is C10H7ClN2O4. The highest BCUT2D eigenvalue weighted by Crippen LogP contribution is 2.30. The molecule has 0 unspecified atom stereocenters. The number of halogens is 1. The van der Waals surface area contributed by atoms with Crippen LogP contribution in [0, 0.1) is 21.4 Å². The minimum absolute atomic E-state index is 0.0115. The first-order chi connectivity index (χ1) is 8.01. The lowest BCUT2D eigenvalue weighted by molar-refractivity contribution is -0.385. The topological polar surface area (TPSA) is 93.2 Å². The van der Waals surface area contributed by atoms with Gasteiger partial charge in [-0.05, 0) is 6.07 Å². The van der Waals surface area contributed by atoms with Crippen molar-refractivity contribution in [1.82, 2.24) is 0 Å². The van der Waals surface area contributed by atoms with E-state index in [1.807, 2.05) is 0 Å². The van der Waals surface area contributed by atoms with Gasteiger partial charge in [0.15, 0.2) is 0 Å². The van der Waals surface area contributed by atoms with Crippen LogP contribution >= 0.6 is 11.6 Å². The lowest BCUT2D eigenvalue weighted by Crippen LogP contribution is -2.08. The Labute approximate surface area is 102 Å². The standard InChI is InChI=1S/C10H7ClN2O4/c1-17-9(14)4-7-8(13(15)16)3-2-6(5-12)10(7)11/h2-3H,4H2,1H3. The summed E-state index contributed by atoms with van der Waals surface area (Å²) in [5.41, 5.74) is -0.238. The number of nitriles is 1. The molecule has 0 aliphatic heterocycles. The molecule has 1 aromatic rings. The van der Waals surface area contributed by atoms with E-state index in [9.17, 15) is 14.9 Å². The molecule has 0 N–H and O–H groups in total. The van der Waals surface area contributed by atoms with E-state index in [1.54, 1.807) is 6.07 Å². The summed E-state index contributed by atoms with van der Waals surface area (Å²) in [6.07, 6.45) is -0.346. The Balaban J connectivity index is 3.36. The zero-order valence-electron chi connectivity index (χ0n) is 8.77. The van der Waals surface area contributed by atoms with Crippen LogP contribution < -0.4 is 0 Å². The fourth-order valence-corrected chi connectivity index (χ4v) is 1.52. The van der Waals surface area contributed by atoms with Crippen LogP contribution in [-0.4, -0.2) is 18.0 Å². The molecule has 1 aromatic carbocycles. The van der Waals surface area contributed by atoms with Crippen molar-refractivity contribution in [3.05, 3.63) is 38.4 Å². The summed E-state index contributed by atoms with van der Waals surface area (Å²) in [4.78, 5) is 21.2. The van der Waals surface area contributed by atoms with Crippen molar-refractivity contribution in [1.29, 1.82) is 5.26 Å². The van der Waals surface area contributed by atoms with Gasteiger partial charge in [-0.25, -0.2) is 0 Å². The molecule has 88 valence electrons. The van der Waals surface area contributed by atoms with Gasteiger partial charge in [-0.2, -0.15) is 5.26 Å². The third-order valence-electron chi connectivity index (χ3n) is 2.08. The molecule has 0 saturated heterocycles. The van der Waals surface area contributed by atoms with E-state index in [-0.39, 0.29) is 28.3 Å². The van der Waals surface area contributed by atoms with Gasteiger partial charge in [0.2, 0.25) is 0 Å². The van der Waals surface area contributed by atoms with E-state index >= 15 is 0 Å². The summed E-state index contributed by atoms with van der Waals surface area (Å²) in [5, 5.41) is 19.4. The zero-order valence-corrected chi connectivity index (χ0v) is 9.52. The molecular weight excluding hydrogens is 248 g/mol. The largest absolute Gasteiger partial charge is 0.469 e. The molecule has 0 aromatic heterocycles. The van der Waals surface area contributed by atoms with Crippen LogP contribution in [0.1, 0.15) is 11.1 Å². The van der Waals surface area contributed by atoms with E-state index in [4.69, 9.17) is 16.9 Å². The maximum atomic E-state index is 11.1. The second-order valence-corrected chi connectivity index (χ2v) is 3.42.